The molecule has 18 nitrogen and oxygen atoms in total. The number of carbonyl (C=O) groups is 4. The number of aryl methyl sites for hydroxylation is 1. The molecule has 2 saturated heterocycles. The number of thiazole rings is 1. The number of hydrogen-bond donors (Lipinski definition) is 3. The SMILES string of the molecule is Cc1ncsc1-c1ccc(CNC(=O)[C@@H]2C[C@@H](O)CN2C(=O)[C@@H](NC(=O)COCCOCCCCCOCCCCCOCCOCCOc2ccc(N3C(=S)N(c4ccc(C#N)c(C(F)(F)F)c4)C(=O)C3(C)C)cc2)C(C)(C)C)cc1. The summed E-state index contributed by atoms with van der Waals surface area (Å²) in [7, 11) is 0. The lowest BCUT2D eigenvalue weighted by molar-refractivity contribution is -0.144. The Labute approximate surface area is 487 Å². The van der Waals surface area contributed by atoms with E-state index in [2.05, 4.69) is 15.6 Å². The molecule has 82 heavy (non-hydrogen) atoms. The fourth-order valence-electron chi connectivity index (χ4n) is 9.33. The zero-order valence-corrected chi connectivity index (χ0v) is 49.2. The number of ether oxygens (including phenoxy) is 6. The van der Waals surface area contributed by atoms with Gasteiger partial charge in [0, 0.05) is 51.6 Å². The molecule has 0 radical (unpaired) electrons. The maximum atomic E-state index is 13.9. The number of hydrogen-bond acceptors (Lipinski definition) is 15. The van der Waals surface area contributed by atoms with Crippen molar-refractivity contribution in [3.63, 3.8) is 0 Å². The quantitative estimate of drug-likeness (QED) is 0.0309. The van der Waals surface area contributed by atoms with Crippen molar-refractivity contribution < 1.29 is 65.9 Å². The van der Waals surface area contributed by atoms with E-state index in [9.17, 15) is 42.7 Å². The summed E-state index contributed by atoms with van der Waals surface area (Å²) in [5, 5.41) is 25.5. The highest BCUT2D eigenvalue weighted by molar-refractivity contribution is 7.81. The minimum Gasteiger partial charge on any atom is -0.491 e. The van der Waals surface area contributed by atoms with Gasteiger partial charge in [0.25, 0.3) is 5.91 Å². The lowest BCUT2D eigenvalue weighted by atomic mass is 9.85. The van der Waals surface area contributed by atoms with E-state index in [1.54, 1.807) is 60.4 Å². The number of halogens is 3. The highest BCUT2D eigenvalue weighted by Crippen LogP contribution is 2.40. The van der Waals surface area contributed by atoms with Gasteiger partial charge in [-0.15, -0.1) is 11.3 Å². The lowest BCUT2D eigenvalue weighted by Crippen LogP contribution is -2.58. The van der Waals surface area contributed by atoms with E-state index < -0.39 is 64.2 Å². The fraction of sp³-hybridized carbons (Fsp3) is 0.542. The first-order valence-corrected chi connectivity index (χ1v) is 28.9. The lowest BCUT2D eigenvalue weighted by Gasteiger charge is -2.35. The molecule has 4 aromatic rings. The molecule has 2 aliphatic rings. The summed E-state index contributed by atoms with van der Waals surface area (Å²) in [5.41, 5.74) is 1.56. The van der Waals surface area contributed by atoms with Crippen LogP contribution in [-0.2, 0) is 55.6 Å². The minimum absolute atomic E-state index is 0.00294. The second kappa shape index (κ2) is 31.0. The Hall–Kier alpha value is -6.10. The number of carbonyl (C=O) groups excluding carboxylic acids is 4. The van der Waals surface area contributed by atoms with E-state index in [1.165, 1.54) is 11.0 Å². The van der Waals surface area contributed by atoms with Gasteiger partial charge in [-0.1, -0.05) is 45.0 Å². The summed E-state index contributed by atoms with van der Waals surface area (Å²) in [4.78, 5) is 63.2. The van der Waals surface area contributed by atoms with Gasteiger partial charge < -0.3 is 54.0 Å². The summed E-state index contributed by atoms with van der Waals surface area (Å²) in [6.45, 7) is 15.2. The summed E-state index contributed by atoms with van der Waals surface area (Å²) in [6, 6.07) is 17.5. The summed E-state index contributed by atoms with van der Waals surface area (Å²) in [6.07, 6.45) is -0.0288. The van der Waals surface area contributed by atoms with Crippen molar-refractivity contribution >= 4 is 63.7 Å². The molecule has 4 amide bonds. The molecule has 0 spiro atoms. The summed E-state index contributed by atoms with van der Waals surface area (Å²) < 4.78 is 75.2. The number of nitrogens with one attached hydrogen (secondary N) is 2. The maximum absolute atomic E-state index is 13.9. The standard InChI is InChI=1S/C59H76F3N7O11S2/c1-40-51(82-39-65-40)42-15-13-41(14-16-42)36-64-53(72)49-34-46(70)37-67(49)54(73)52(57(2,3)4)66-50(71)38-79-30-29-77-26-12-8-10-24-75-23-9-7-11-25-76-27-28-78-31-32-80-47-21-19-44(20-22-47)69-56(81)68(55(74)58(69,5)6)45-18-17-43(35-63)48(33-45)59(60,61)62/h13-22,33,39,46,49,52,70H,7-12,23-32,34,36-38H2,1-6H3,(H,64,72)(H,66,71)/t46-,49+,52-/m1/s1. The van der Waals surface area contributed by atoms with Gasteiger partial charge in [0.2, 0.25) is 17.7 Å². The molecule has 0 saturated carbocycles. The number of nitriles is 1. The van der Waals surface area contributed by atoms with Gasteiger partial charge in [0.15, 0.2) is 5.11 Å². The monoisotopic (exact) mass is 1180 g/mol. The second-order valence-electron chi connectivity index (χ2n) is 21.6. The molecule has 6 rings (SSSR count). The highest BCUT2D eigenvalue weighted by Gasteiger charge is 2.51. The number of alkyl halides is 3. The van der Waals surface area contributed by atoms with Crippen LogP contribution >= 0.6 is 23.6 Å². The largest absolute Gasteiger partial charge is 0.491 e. The smallest absolute Gasteiger partial charge is 0.417 e. The molecule has 2 fully saturated rings. The molecule has 446 valence electrons. The zero-order valence-electron chi connectivity index (χ0n) is 47.5. The van der Waals surface area contributed by atoms with Gasteiger partial charge in [-0.25, -0.2) is 4.98 Å². The van der Waals surface area contributed by atoms with Gasteiger partial charge in [-0.3, -0.25) is 24.1 Å². The Morgan fingerprint density at radius 3 is 1.98 bits per heavy atom. The van der Waals surface area contributed by atoms with Crippen LogP contribution in [0.25, 0.3) is 10.4 Å². The zero-order chi connectivity index (χ0) is 59.5. The second-order valence-corrected chi connectivity index (χ2v) is 22.8. The Morgan fingerprint density at radius 2 is 1.40 bits per heavy atom. The first-order valence-electron chi connectivity index (χ1n) is 27.6. The van der Waals surface area contributed by atoms with E-state index in [1.807, 2.05) is 57.5 Å². The van der Waals surface area contributed by atoms with Gasteiger partial charge in [-0.05, 0) is 131 Å². The Balaban J connectivity index is 0.727. The van der Waals surface area contributed by atoms with Crippen molar-refractivity contribution in [2.45, 2.75) is 123 Å². The number of nitrogens with zero attached hydrogens (tertiary/aromatic N) is 5. The third-order valence-corrected chi connectivity index (χ3v) is 15.1. The molecule has 3 N–H and O–H groups in total. The Morgan fingerprint density at radius 1 is 0.829 bits per heavy atom. The van der Waals surface area contributed by atoms with Crippen molar-refractivity contribution in [2.75, 3.05) is 89.0 Å². The number of amides is 4. The van der Waals surface area contributed by atoms with Crippen LogP contribution in [0, 0.1) is 23.7 Å². The predicted octanol–water partition coefficient (Wildman–Crippen LogP) is 8.54. The molecular formula is C59H76F3N7O11S2. The Bertz CT molecular complexity index is 2790. The predicted molar refractivity (Wildman–Crippen MR) is 308 cm³/mol. The van der Waals surface area contributed by atoms with Gasteiger partial charge in [-0.2, -0.15) is 18.4 Å². The van der Waals surface area contributed by atoms with Gasteiger partial charge in [0.1, 0.15) is 36.6 Å². The maximum Gasteiger partial charge on any atom is 0.417 e. The van der Waals surface area contributed by atoms with Crippen molar-refractivity contribution in [2.24, 2.45) is 5.41 Å². The van der Waals surface area contributed by atoms with Crippen LogP contribution in [0.2, 0.25) is 0 Å². The van der Waals surface area contributed by atoms with Crippen molar-refractivity contribution in [3.8, 4) is 22.3 Å². The average Bonchev–Trinajstić information content (AvgIpc) is 4.20. The first kappa shape index (κ1) is 65.1. The molecule has 0 bridgehead atoms. The summed E-state index contributed by atoms with van der Waals surface area (Å²) >= 11 is 7.18. The number of likely N-dealkylation sites (tertiary alicyclic amines) is 1. The normalized spacial score (nSPS) is 16.6. The van der Waals surface area contributed by atoms with Crippen LogP contribution in [0.5, 0.6) is 5.75 Å². The van der Waals surface area contributed by atoms with Crippen molar-refractivity contribution in [1.29, 1.82) is 5.26 Å². The molecule has 0 unspecified atom stereocenters. The molecule has 3 aromatic carbocycles. The topological polar surface area (TPSA) is 214 Å². The number of rotatable bonds is 32. The van der Waals surface area contributed by atoms with Gasteiger partial charge >= 0.3 is 6.18 Å². The number of benzene rings is 3. The van der Waals surface area contributed by atoms with Crippen LogP contribution in [0.1, 0.15) is 102 Å². The number of unbranched alkanes of at least 4 members (excludes halogenated alkanes) is 4. The fourth-order valence-corrected chi connectivity index (χ4v) is 10.7. The molecular weight excluding hydrogens is 1100 g/mol. The van der Waals surface area contributed by atoms with Crippen LogP contribution in [-0.4, -0.2) is 147 Å². The van der Waals surface area contributed by atoms with E-state index in [0.717, 1.165) is 77.3 Å². The number of aliphatic hydroxyl groups excluding tert-OH is 1. The molecule has 3 heterocycles. The van der Waals surface area contributed by atoms with Crippen molar-refractivity contribution in [1.82, 2.24) is 20.5 Å². The van der Waals surface area contributed by atoms with Gasteiger partial charge in [0.05, 0.1) is 78.1 Å². The van der Waals surface area contributed by atoms with E-state index in [4.69, 9.17) is 40.6 Å². The molecule has 1 aromatic heterocycles. The van der Waals surface area contributed by atoms with Crippen LogP contribution < -0.4 is 25.2 Å². The first-order chi connectivity index (χ1) is 39.1. The summed E-state index contributed by atoms with van der Waals surface area (Å²) in [5.74, 6) is -1.25. The van der Waals surface area contributed by atoms with Crippen LogP contribution in [0.3, 0.4) is 0 Å². The number of aliphatic hydroxyl groups is 1. The van der Waals surface area contributed by atoms with Crippen LogP contribution in [0.4, 0.5) is 24.5 Å². The minimum atomic E-state index is -4.79. The third-order valence-electron chi connectivity index (χ3n) is 13.8. The molecule has 23 heteroatoms. The molecule has 2 aliphatic heterocycles. The number of anilines is 2. The highest BCUT2D eigenvalue weighted by atomic mass is 32.1. The van der Waals surface area contributed by atoms with E-state index >= 15 is 0 Å². The van der Waals surface area contributed by atoms with Crippen molar-refractivity contribution in [3.05, 3.63) is 94.6 Å². The molecule has 3 atom stereocenters. The third kappa shape index (κ3) is 18.4. The number of β-amino-alcohol motifs (C(OH)–C–C–N with tert-alkyl or cyclic N) is 1. The number of aromatic nitrogens is 1. The molecule has 0 aliphatic carbocycles. The number of thiocarbonyl (C=S) groups is 1. The Kier molecular flexibility index (Phi) is 24.6. The van der Waals surface area contributed by atoms with E-state index in [0.29, 0.717) is 64.3 Å². The van der Waals surface area contributed by atoms with Crippen LogP contribution in [0.15, 0.2) is 72.2 Å². The average molecular weight is 1180 g/mol. The van der Waals surface area contributed by atoms with E-state index in [-0.39, 0.29) is 56.0 Å².